The van der Waals surface area contributed by atoms with Gasteiger partial charge in [-0.3, -0.25) is 0 Å². The van der Waals surface area contributed by atoms with Gasteiger partial charge in [-0.2, -0.15) is 0 Å². The van der Waals surface area contributed by atoms with Gasteiger partial charge in [0.05, 0.1) is 0 Å². The first-order valence-electron chi connectivity index (χ1n) is 4.88. The molecule has 1 aromatic carbocycles. The SMILES string of the molecule is CCC[CH2][Sn](=[O])[CH2]c1ccccc1. The van der Waals surface area contributed by atoms with Gasteiger partial charge in [-0.25, -0.2) is 0 Å². The second-order valence-corrected chi connectivity index (χ2v) is 8.82. The molecule has 0 N–H and O–H groups in total. The van der Waals surface area contributed by atoms with E-state index in [1.807, 2.05) is 18.2 Å². The monoisotopic (exact) mass is 284 g/mol. The molecule has 0 amide bonds. The maximum absolute atomic E-state index is 11.7. The number of unbranched alkanes of at least 4 members (excludes halogenated alkanes) is 1. The van der Waals surface area contributed by atoms with E-state index in [2.05, 4.69) is 19.1 Å². The van der Waals surface area contributed by atoms with E-state index in [1.54, 1.807) is 0 Å². The molecular weight excluding hydrogens is 267 g/mol. The van der Waals surface area contributed by atoms with E-state index < -0.39 is 19.7 Å². The first kappa shape index (κ1) is 10.9. The van der Waals surface area contributed by atoms with Gasteiger partial charge in [0.1, 0.15) is 0 Å². The Hall–Kier alpha value is -0.181. The van der Waals surface area contributed by atoms with Crippen molar-refractivity contribution in [3.05, 3.63) is 35.9 Å². The molecule has 0 heterocycles. The summed E-state index contributed by atoms with van der Waals surface area (Å²) in [5.41, 5.74) is 1.25. The van der Waals surface area contributed by atoms with E-state index >= 15 is 0 Å². The van der Waals surface area contributed by atoms with Crippen LogP contribution < -0.4 is 0 Å². The third-order valence-electron chi connectivity index (χ3n) is 2.05. The molecule has 0 saturated carbocycles. The number of hydrogen-bond acceptors (Lipinski definition) is 1. The summed E-state index contributed by atoms with van der Waals surface area (Å²) in [6.07, 6.45) is 2.31. The Morgan fingerprint density at radius 3 is 2.54 bits per heavy atom. The first-order valence-corrected chi connectivity index (χ1v) is 10.1. The summed E-state index contributed by atoms with van der Waals surface area (Å²) >= 11 is -2.23. The zero-order valence-electron chi connectivity index (χ0n) is 8.12. The van der Waals surface area contributed by atoms with E-state index in [-0.39, 0.29) is 0 Å². The molecule has 0 aromatic heterocycles. The predicted molar refractivity (Wildman–Crippen MR) is 56.3 cm³/mol. The summed E-state index contributed by atoms with van der Waals surface area (Å²) in [6, 6.07) is 10.2. The minimum absolute atomic E-state index is 0.878. The third kappa shape index (κ3) is 4.55. The van der Waals surface area contributed by atoms with Gasteiger partial charge in [0, 0.05) is 0 Å². The van der Waals surface area contributed by atoms with Crippen LogP contribution in [0.5, 0.6) is 0 Å². The van der Waals surface area contributed by atoms with Crippen LogP contribution in [0.1, 0.15) is 25.3 Å². The van der Waals surface area contributed by atoms with Crippen molar-refractivity contribution in [2.45, 2.75) is 28.6 Å². The molecule has 0 aliphatic carbocycles. The summed E-state index contributed by atoms with van der Waals surface area (Å²) in [7, 11) is 0. The fraction of sp³-hybridized carbons (Fsp3) is 0.455. The quantitative estimate of drug-likeness (QED) is 0.759. The van der Waals surface area contributed by atoms with Crippen molar-refractivity contribution in [3.8, 4) is 0 Å². The van der Waals surface area contributed by atoms with Crippen LogP contribution in [0.3, 0.4) is 0 Å². The zero-order valence-corrected chi connectivity index (χ0v) is 11.0. The van der Waals surface area contributed by atoms with Crippen molar-refractivity contribution < 1.29 is 3.08 Å². The standard InChI is InChI=1S/C7H7.C4H9.O.Sn/c1-7-5-3-2-4-6-7;1-3-4-2;;/h2-6H,1H2;1,3-4H2,2H3;;. The van der Waals surface area contributed by atoms with Gasteiger partial charge >= 0.3 is 87.4 Å². The van der Waals surface area contributed by atoms with Crippen LogP contribution in [-0.2, 0) is 7.51 Å². The number of benzene rings is 1. The van der Waals surface area contributed by atoms with Crippen LogP contribution in [0, 0.1) is 0 Å². The fourth-order valence-electron chi connectivity index (χ4n) is 1.29. The summed E-state index contributed by atoms with van der Waals surface area (Å²) in [4.78, 5) is 0. The summed E-state index contributed by atoms with van der Waals surface area (Å²) in [5, 5.41) is 0. The zero-order chi connectivity index (χ0) is 9.52. The molecule has 0 aliphatic rings. The molecule has 1 aromatic rings. The minimum atomic E-state index is -2.23. The van der Waals surface area contributed by atoms with Gasteiger partial charge in [-0.05, 0) is 0 Å². The molecule has 0 spiro atoms. The van der Waals surface area contributed by atoms with Crippen LogP contribution in [0.15, 0.2) is 30.3 Å². The van der Waals surface area contributed by atoms with E-state index in [1.165, 1.54) is 12.0 Å². The Morgan fingerprint density at radius 1 is 1.23 bits per heavy atom. The molecule has 0 fully saturated rings. The van der Waals surface area contributed by atoms with E-state index in [4.69, 9.17) is 0 Å². The molecule has 0 radical (unpaired) electrons. The predicted octanol–water partition coefficient (Wildman–Crippen LogP) is 2.99. The van der Waals surface area contributed by atoms with Gasteiger partial charge in [0.25, 0.3) is 0 Å². The normalized spacial score (nSPS) is 9.92. The van der Waals surface area contributed by atoms with Crippen LogP contribution in [0.4, 0.5) is 0 Å². The van der Waals surface area contributed by atoms with Gasteiger partial charge in [0.2, 0.25) is 0 Å². The molecule has 13 heavy (non-hydrogen) atoms. The van der Waals surface area contributed by atoms with Crippen molar-refractivity contribution in [2.24, 2.45) is 0 Å². The number of rotatable bonds is 5. The molecule has 0 bridgehead atoms. The molecule has 0 saturated heterocycles. The van der Waals surface area contributed by atoms with Gasteiger partial charge in [0.15, 0.2) is 0 Å². The first-order chi connectivity index (χ1) is 6.33. The van der Waals surface area contributed by atoms with Gasteiger partial charge in [-0.15, -0.1) is 0 Å². The second kappa shape index (κ2) is 6.30. The second-order valence-electron chi connectivity index (χ2n) is 3.30. The fourth-order valence-corrected chi connectivity index (χ4v) is 5.90. The van der Waals surface area contributed by atoms with E-state index in [9.17, 15) is 3.08 Å². The van der Waals surface area contributed by atoms with Gasteiger partial charge in [-0.1, -0.05) is 0 Å². The number of hydrogen-bond donors (Lipinski definition) is 0. The maximum atomic E-state index is 11.7. The van der Waals surface area contributed by atoms with Crippen LogP contribution >= 0.6 is 0 Å². The summed E-state index contributed by atoms with van der Waals surface area (Å²) in [5.74, 6) is 0. The third-order valence-corrected chi connectivity index (χ3v) is 6.94. The van der Waals surface area contributed by atoms with Crippen molar-refractivity contribution in [1.82, 2.24) is 0 Å². The Balaban J connectivity index is 2.37. The van der Waals surface area contributed by atoms with Crippen LogP contribution in [0.2, 0.25) is 4.44 Å². The summed E-state index contributed by atoms with van der Waals surface area (Å²) < 4.78 is 13.5. The Kier molecular flexibility index (Phi) is 5.28. The van der Waals surface area contributed by atoms with Gasteiger partial charge < -0.3 is 0 Å². The molecule has 70 valence electrons. The molecule has 1 rings (SSSR count). The summed E-state index contributed by atoms with van der Waals surface area (Å²) in [6.45, 7) is 2.15. The Bertz CT molecular complexity index is 256. The molecule has 0 atom stereocenters. The molecule has 0 unspecified atom stereocenters. The molecule has 1 nitrogen and oxygen atoms in total. The molecule has 2 heteroatoms. The van der Waals surface area contributed by atoms with Crippen LogP contribution in [-0.4, -0.2) is 19.7 Å². The average molecular weight is 283 g/mol. The molecule has 0 aliphatic heterocycles. The van der Waals surface area contributed by atoms with Crippen molar-refractivity contribution in [1.29, 1.82) is 0 Å². The van der Waals surface area contributed by atoms with Crippen molar-refractivity contribution >= 4 is 19.7 Å². The van der Waals surface area contributed by atoms with Crippen molar-refractivity contribution in [3.63, 3.8) is 0 Å². The average Bonchev–Trinajstić information content (AvgIpc) is 2.16. The topological polar surface area (TPSA) is 17.1 Å². The molecular formula is C11H16OSn. The Labute approximate surface area is 87.3 Å². The van der Waals surface area contributed by atoms with Crippen molar-refractivity contribution in [2.75, 3.05) is 0 Å². The van der Waals surface area contributed by atoms with E-state index in [0.717, 1.165) is 15.3 Å². The Morgan fingerprint density at radius 2 is 1.92 bits per heavy atom. The van der Waals surface area contributed by atoms with E-state index in [0.29, 0.717) is 0 Å². The van der Waals surface area contributed by atoms with Crippen LogP contribution in [0.25, 0.3) is 0 Å².